The summed E-state index contributed by atoms with van der Waals surface area (Å²) in [5, 5.41) is 2.51. The monoisotopic (exact) mass is 799 g/mol. The first-order valence-corrected chi connectivity index (χ1v) is 22.0. The number of rotatable bonds is 6. The minimum atomic E-state index is -0.479. The van der Waals surface area contributed by atoms with Crippen molar-refractivity contribution in [2.45, 2.75) is 11.3 Å². The highest BCUT2D eigenvalue weighted by atomic mass is 15.0. The molecule has 1 aromatic heterocycles. The quantitative estimate of drug-likeness (QED) is 0.158. The Kier molecular flexibility index (Phi) is 7.95. The van der Waals surface area contributed by atoms with Gasteiger partial charge >= 0.3 is 0 Å². The maximum Gasteiger partial charge on any atom is 0.0714 e. The van der Waals surface area contributed by atoms with Crippen LogP contribution in [0.1, 0.15) is 44.9 Å². The molecule has 1 heteroatoms. The molecule has 63 heavy (non-hydrogen) atoms. The average molecular weight is 800 g/mol. The second kappa shape index (κ2) is 14.0. The van der Waals surface area contributed by atoms with E-state index in [1.54, 1.807) is 0 Å². The smallest absolute Gasteiger partial charge is 0.0714 e. The third kappa shape index (κ3) is 5.30. The van der Waals surface area contributed by atoms with E-state index in [9.17, 15) is 0 Å². The lowest BCUT2D eigenvalue weighted by Crippen LogP contribution is -2.28. The highest BCUT2D eigenvalue weighted by molar-refractivity contribution is 6.13. The maximum absolute atomic E-state index is 2.51. The Bertz CT molecular complexity index is 3510. The molecule has 1 heterocycles. The summed E-state index contributed by atoms with van der Waals surface area (Å²) in [6, 6.07) is 90.3. The molecule has 13 rings (SSSR count). The van der Waals surface area contributed by atoms with E-state index in [0.717, 1.165) is 5.69 Å². The summed E-state index contributed by atoms with van der Waals surface area (Å²) < 4.78 is 2.48. The molecule has 0 bridgehead atoms. The van der Waals surface area contributed by atoms with Crippen molar-refractivity contribution in [3.63, 3.8) is 0 Å². The van der Waals surface area contributed by atoms with Gasteiger partial charge in [0, 0.05) is 22.4 Å². The van der Waals surface area contributed by atoms with Crippen LogP contribution in [-0.4, -0.2) is 4.57 Å². The molecular formula is C62H41N. The van der Waals surface area contributed by atoms with Crippen molar-refractivity contribution in [2.24, 2.45) is 0 Å². The van der Waals surface area contributed by atoms with Crippen molar-refractivity contribution in [3.8, 4) is 50.2 Å². The number of hydrogen-bond acceptors (Lipinski definition) is 0. The van der Waals surface area contributed by atoms with Crippen LogP contribution in [0, 0.1) is 0 Å². The SMILES string of the molecule is c1ccc(-c2cccc(C3c4ccccc4-c4cc(-c5ccc6c(c5)c5cc7c(cc5n6-c5ccccc5)C(c5ccccc5)(c5ccccc5)c5ccccc5-7)ccc43)c2)cc1. The number of para-hydroxylation sites is 1. The molecular weight excluding hydrogens is 759 g/mol. The predicted molar refractivity (Wildman–Crippen MR) is 262 cm³/mol. The van der Waals surface area contributed by atoms with E-state index in [-0.39, 0.29) is 5.92 Å². The summed E-state index contributed by atoms with van der Waals surface area (Å²) in [4.78, 5) is 0. The molecule has 0 saturated carbocycles. The lowest BCUT2D eigenvalue weighted by Gasteiger charge is -2.34. The van der Waals surface area contributed by atoms with E-state index in [0.29, 0.717) is 0 Å². The van der Waals surface area contributed by atoms with Crippen molar-refractivity contribution in [1.29, 1.82) is 0 Å². The second-order valence-corrected chi connectivity index (χ2v) is 17.2. The molecule has 2 aliphatic rings. The topological polar surface area (TPSA) is 4.93 Å². The minimum absolute atomic E-state index is 0.170. The summed E-state index contributed by atoms with van der Waals surface area (Å²) in [6.45, 7) is 0. The standard InChI is InChI=1S/C62H41N/c1-5-18-41(19-6-1)42-20-17-21-45(36-42)61-51-30-14-13-28-49(51)53-37-43(32-34-52(53)61)44-33-35-59-55(38-44)56-39-54-50-29-15-16-31-57(50)62(46-22-7-2-8-23-46,47-24-9-3-10-25-47)58(54)40-60(56)63(59)48-26-11-4-12-27-48/h1-40,61H. The van der Waals surface area contributed by atoms with Gasteiger partial charge in [0.15, 0.2) is 0 Å². The van der Waals surface area contributed by atoms with E-state index in [1.807, 2.05) is 0 Å². The molecule has 10 aromatic carbocycles. The molecule has 2 aliphatic carbocycles. The maximum atomic E-state index is 2.51. The van der Waals surface area contributed by atoms with Crippen LogP contribution in [-0.2, 0) is 5.41 Å². The van der Waals surface area contributed by atoms with Crippen molar-refractivity contribution in [2.75, 3.05) is 0 Å². The van der Waals surface area contributed by atoms with E-state index in [4.69, 9.17) is 0 Å². The predicted octanol–water partition coefficient (Wildman–Crippen LogP) is 15.6. The van der Waals surface area contributed by atoms with Crippen molar-refractivity contribution in [1.82, 2.24) is 4.57 Å². The van der Waals surface area contributed by atoms with Crippen molar-refractivity contribution < 1.29 is 0 Å². The molecule has 294 valence electrons. The van der Waals surface area contributed by atoms with Crippen molar-refractivity contribution >= 4 is 21.8 Å². The van der Waals surface area contributed by atoms with Crippen LogP contribution in [0.15, 0.2) is 243 Å². The van der Waals surface area contributed by atoms with Gasteiger partial charge < -0.3 is 4.57 Å². The highest BCUT2D eigenvalue weighted by Crippen LogP contribution is 2.58. The van der Waals surface area contributed by atoms with Gasteiger partial charge in [0.1, 0.15) is 0 Å². The highest BCUT2D eigenvalue weighted by Gasteiger charge is 2.46. The van der Waals surface area contributed by atoms with Gasteiger partial charge in [0.25, 0.3) is 0 Å². The Morgan fingerprint density at radius 2 is 0.889 bits per heavy atom. The normalized spacial score (nSPS) is 14.3. The fourth-order valence-electron chi connectivity index (χ4n) is 11.3. The molecule has 0 fully saturated rings. The minimum Gasteiger partial charge on any atom is -0.309 e. The molecule has 0 saturated heterocycles. The van der Waals surface area contributed by atoms with Crippen LogP contribution in [0.4, 0.5) is 0 Å². The average Bonchev–Trinajstić information content (AvgIpc) is 3.97. The molecule has 11 aromatic rings. The van der Waals surface area contributed by atoms with E-state index in [1.165, 1.54) is 105 Å². The molecule has 0 N–H and O–H groups in total. The zero-order chi connectivity index (χ0) is 41.5. The molecule has 0 aliphatic heterocycles. The second-order valence-electron chi connectivity index (χ2n) is 17.2. The van der Waals surface area contributed by atoms with Crippen LogP contribution in [0.3, 0.4) is 0 Å². The first-order valence-electron chi connectivity index (χ1n) is 22.0. The summed E-state index contributed by atoms with van der Waals surface area (Å²) >= 11 is 0. The molecule has 0 spiro atoms. The van der Waals surface area contributed by atoms with Crippen LogP contribution in [0.25, 0.3) is 72.0 Å². The van der Waals surface area contributed by atoms with Gasteiger partial charge in [-0.15, -0.1) is 0 Å². The molecule has 1 unspecified atom stereocenters. The van der Waals surface area contributed by atoms with Gasteiger partial charge in [-0.05, 0) is 126 Å². The lowest BCUT2D eigenvalue weighted by molar-refractivity contribution is 0.769. The Labute approximate surface area is 367 Å². The van der Waals surface area contributed by atoms with Gasteiger partial charge in [-0.3, -0.25) is 0 Å². The van der Waals surface area contributed by atoms with Crippen LogP contribution in [0.2, 0.25) is 0 Å². The summed E-state index contributed by atoms with van der Waals surface area (Å²) in [5.74, 6) is 0.170. The number of aromatic nitrogens is 1. The zero-order valence-corrected chi connectivity index (χ0v) is 34.6. The Morgan fingerprint density at radius 3 is 1.65 bits per heavy atom. The summed E-state index contributed by atoms with van der Waals surface area (Å²) in [7, 11) is 0. The number of nitrogens with zero attached hydrogens (tertiary/aromatic N) is 1. The third-order valence-corrected chi connectivity index (χ3v) is 13.9. The molecule has 1 atom stereocenters. The molecule has 0 amide bonds. The van der Waals surface area contributed by atoms with Crippen LogP contribution >= 0.6 is 0 Å². The fraction of sp³-hybridized carbons (Fsp3) is 0.0323. The van der Waals surface area contributed by atoms with E-state index >= 15 is 0 Å². The number of fused-ring (bicyclic) bond motifs is 9. The first kappa shape index (κ1) is 35.7. The van der Waals surface area contributed by atoms with Crippen molar-refractivity contribution in [3.05, 3.63) is 282 Å². The van der Waals surface area contributed by atoms with Gasteiger partial charge in [0.05, 0.1) is 16.4 Å². The fourth-order valence-corrected chi connectivity index (χ4v) is 11.3. The molecule has 0 radical (unpaired) electrons. The van der Waals surface area contributed by atoms with Gasteiger partial charge in [-0.1, -0.05) is 200 Å². The Hall–Kier alpha value is -8.00. The Balaban J connectivity index is 1.02. The lowest BCUT2D eigenvalue weighted by atomic mass is 9.67. The van der Waals surface area contributed by atoms with Gasteiger partial charge in [-0.25, -0.2) is 0 Å². The first-order chi connectivity index (χ1) is 31.3. The van der Waals surface area contributed by atoms with Crippen LogP contribution < -0.4 is 0 Å². The van der Waals surface area contributed by atoms with Crippen LogP contribution in [0.5, 0.6) is 0 Å². The van der Waals surface area contributed by atoms with Gasteiger partial charge in [-0.2, -0.15) is 0 Å². The summed E-state index contributed by atoms with van der Waals surface area (Å²) in [6.07, 6.45) is 0. The number of benzene rings is 10. The zero-order valence-electron chi connectivity index (χ0n) is 34.6. The van der Waals surface area contributed by atoms with Gasteiger partial charge in [0.2, 0.25) is 0 Å². The third-order valence-electron chi connectivity index (χ3n) is 13.9. The molecule has 1 nitrogen and oxygen atoms in total. The van der Waals surface area contributed by atoms with E-state index < -0.39 is 5.41 Å². The largest absolute Gasteiger partial charge is 0.309 e. The summed E-state index contributed by atoms with van der Waals surface area (Å²) in [5.41, 5.74) is 22.5. The van der Waals surface area contributed by atoms with E-state index in [2.05, 4.69) is 247 Å². The Morgan fingerprint density at radius 1 is 0.317 bits per heavy atom. The number of hydrogen-bond donors (Lipinski definition) is 0.